The van der Waals surface area contributed by atoms with Gasteiger partial charge in [0.15, 0.2) is 0 Å². The van der Waals surface area contributed by atoms with Gasteiger partial charge in [0.05, 0.1) is 0 Å². The second-order valence-corrected chi connectivity index (χ2v) is 8.19. The third-order valence-corrected chi connectivity index (χ3v) is 6.28. The summed E-state index contributed by atoms with van der Waals surface area (Å²) in [5.74, 6) is 1.91. The molecule has 0 spiro atoms. The van der Waals surface area contributed by atoms with Gasteiger partial charge in [0, 0.05) is 48.8 Å². The van der Waals surface area contributed by atoms with Crippen LogP contribution in [0, 0.1) is 0 Å². The Morgan fingerprint density at radius 1 is 0.741 bits per heavy atom. The topological polar surface area (TPSA) is 40.6 Å². The van der Waals surface area contributed by atoms with Crippen LogP contribution in [0.2, 0.25) is 0 Å². The molecule has 2 heterocycles. The van der Waals surface area contributed by atoms with Gasteiger partial charge in [-0.3, -0.25) is 9.59 Å². The first-order chi connectivity index (χ1) is 13.2. The van der Waals surface area contributed by atoms with Crippen molar-refractivity contribution in [2.24, 2.45) is 0 Å². The van der Waals surface area contributed by atoms with Gasteiger partial charge in [-0.15, -0.1) is 0 Å². The minimum absolute atomic E-state index is 0.187. The molecule has 0 radical (unpaired) electrons. The van der Waals surface area contributed by atoms with E-state index in [0.29, 0.717) is 12.8 Å². The molecular formula is C22H24N2O2S. The number of amides is 2. The highest BCUT2D eigenvalue weighted by Crippen LogP contribution is 2.29. The average molecular weight is 381 g/mol. The van der Waals surface area contributed by atoms with Crippen LogP contribution in [0.3, 0.4) is 0 Å². The Balaban J connectivity index is 1.19. The van der Waals surface area contributed by atoms with Crippen LogP contribution in [0.1, 0.15) is 24.0 Å². The Bertz CT molecular complexity index is 782. The van der Waals surface area contributed by atoms with E-state index >= 15 is 0 Å². The quantitative estimate of drug-likeness (QED) is 0.718. The summed E-state index contributed by atoms with van der Waals surface area (Å²) in [5, 5.41) is 0. The van der Waals surface area contributed by atoms with Gasteiger partial charge in [-0.2, -0.15) is 11.8 Å². The summed E-state index contributed by atoms with van der Waals surface area (Å²) in [7, 11) is 0. The summed E-state index contributed by atoms with van der Waals surface area (Å²) in [5.41, 5.74) is 4.65. The van der Waals surface area contributed by atoms with Crippen LogP contribution in [-0.4, -0.2) is 36.4 Å². The summed E-state index contributed by atoms with van der Waals surface area (Å²) in [4.78, 5) is 28.8. The van der Waals surface area contributed by atoms with E-state index in [9.17, 15) is 9.59 Å². The SMILES string of the molecule is O=C(CCSCCC(=O)N1CCc2ccccc21)N1CCc2ccccc21. The predicted octanol–water partition coefficient (Wildman–Crippen LogP) is 3.68. The smallest absolute Gasteiger partial charge is 0.227 e. The van der Waals surface area contributed by atoms with Gasteiger partial charge in [-0.25, -0.2) is 0 Å². The van der Waals surface area contributed by atoms with Crippen molar-refractivity contribution >= 4 is 35.0 Å². The number of benzene rings is 2. The second kappa shape index (κ2) is 8.17. The number of hydrogen-bond donors (Lipinski definition) is 0. The molecule has 27 heavy (non-hydrogen) atoms. The zero-order valence-corrected chi connectivity index (χ0v) is 16.2. The molecule has 0 bridgehead atoms. The molecule has 0 aromatic heterocycles. The molecule has 2 aliphatic rings. The Morgan fingerprint density at radius 3 is 1.67 bits per heavy atom. The molecule has 0 unspecified atom stereocenters. The van der Waals surface area contributed by atoms with Crippen LogP contribution in [0.15, 0.2) is 48.5 Å². The molecule has 4 rings (SSSR count). The molecule has 4 nitrogen and oxygen atoms in total. The van der Waals surface area contributed by atoms with E-state index in [0.717, 1.165) is 48.8 Å². The van der Waals surface area contributed by atoms with Crippen LogP contribution < -0.4 is 9.80 Å². The van der Waals surface area contributed by atoms with Crippen molar-refractivity contribution in [3.05, 3.63) is 59.7 Å². The van der Waals surface area contributed by atoms with Crippen molar-refractivity contribution in [1.29, 1.82) is 0 Å². The summed E-state index contributed by atoms with van der Waals surface area (Å²) >= 11 is 1.70. The van der Waals surface area contributed by atoms with Gasteiger partial charge in [-0.1, -0.05) is 36.4 Å². The van der Waals surface area contributed by atoms with E-state index in [1.807, 2.05) is 46.2 Å². The van der Waals surface area contributed by atoms with Crippen molar-refractivity contribution in [3.63, 3.8) is 0 Å². The van der Waals surface area contributed by atoms with Crippen LogP contribution in [0.5, 0.6) is 0 Å². The molecular weight excluding hydrogens is 356 g/mol. The predicted molar refractivity (Wildman–Crippen MR) is 112 cm³/mol. The third kappa shape index (κ3) is 3.88. The zero-order chi connectivity index (χ0) is 18.6. The fraction of sp³-hybridized carbons (Fsp3) is 0.364. The molecule has 0 aliphatic carbocycles. The fourth-order valence-electron chi connectivity index (χ4n) is 3.89. The summed E-state index contributed by atoms with van der Waals surface area (Å²) in [6.07, 6.45) is 2.95. The maximum absolute atomic E-state index is 12.5. The highest BCUT2D eigenvalue weighted by molar-refractivity contribution is 7.99. The summed E-state index contributed by atoms with van der Waals surface area (Å²) < 4.78 is 0. The van der Waals surface area contributed by atoms with Gasteiger partial charge in [0.1, 0.15) is 0 Å². The Morgan fingerprint density at radius 2 is 1.19 bits per heavy atom. The monoisotopic (exact) mass is 380 g/mol. The van der Waals surface area contributed by atoms with E-state index in [1.165, 1.54) is 11.1 Å². The number of thioether (sulfide) groups is 1. The van der Waals surface area contributed by atoms with E-state index in [1.54, 1.807) is 11.8 Å². The molecule has 0 atom stereocenters. The lowest BCUT2D eigenvalue weighted by Gasteiger charge is -2.18. The number of para-hydroxylation sites is 2. The molecule has 5 heteroatoms. The van der Waals surface area contributed by atoms with Crippen molar-refractivity contribution < 1.29 is 9.59 Å². The first-order valence-electron chi connectivity index (χ1n) is 9.58. The number of fused-ring (bicyclic) bond motifs is 2. The number of hydrogen-bond acceptors (Lipinski definition) is 3. The molecule has 2 aromatic carbocycles. The van der Waals surface area contributed by atoms with Crippen LogP contribution in [-0.2, 0) is 22.4 Å². The second-order valence-electron chi connectivity index (χ2n) is 6.96. The fourth-order valence-corrected chi connectivity index (χ4v) is 4.73. The van der Waals surface area contributed by atoms with Crippen molar-refractivity contribution in [1.82, 2.24) is 0 Å². The summed E-state index contributed by atoms with van der Waals surface area (Å²) in [6.45, 7) is 1.57. The minimum Gasteiger partial charge on any atom is -0.312 e. The van der Waals surface area contributed by atoms with Crippen LogP contribution in [0.25, 0.3) is 0 Å². The first kappa shape index (κ1) is 18.1. The lowest BCUT2D eigenvalue weighted by Crippen LogP contribution is -2.29. The molecule has 140 valence electrons. The van der Waals surface area contributed by atoms with Crippen molar-refractivity contribution in [2.75, 3.05) is 34.4 Å². The summed E-state index contributed by atoms with van der Waals surface area (Å²) in [6, 6.07) is 16.3. The lowest BCUT2D eigenvalue weighted by atomic mass is 10.2. The van der Waals surface area contributed by atoms with Crippen molar-refractivity contribution in [3.8, 4) is 0 Å². The van der Waals surface area contributed by atoms with E-state index in [2.05, 4.69) is 12.1 Å². The normalized spacial score (nSPS) is 15.0. The van der Waals surface area contributed by atoms with Crippen LogP contribution in [0.4, 0.5) is 11.4 Å². The standard InChI is InChI=1S/C22H24N2O2S/c25-21(23-13-9-17-5-1-3-7-19(17)23)11-15-27-16-12-22(26)24-14-10-18-6-2-4-8-20(18)24/h1-8H,9-16H2. The maximum atomic E-state index is 12.5. The number of nitrogens with zero attached hydrogens (tertiary/aromatic N) is 2. The van der Waals surface area contributed by atoms with E-state index in [4.69, 9.17) is 0 Å². The number of anilines is 2. The first-order valence-corrected chi connectivity index (χ1v) is 10.7. The van der Waals surface area contributed by atoms with Gasteiger partial charge in [-0.05, 0) is 36.1 Å². The highest BCUT2D eigenvalue weighted by atomic mass is 32.2. The van der Waals surface area contributed by atoms with E-state index in [-0.39, 0.29) is 11.8 Å². The van der Waals surface area contributed by atoms with Crippen LogP contribution >= 0.6 is 11.8 Å². The van der Waals surface area contributed by atoms with E-state index < -0.39 is 0 Å². The number of rotatable bonds is 6. The highest BCUT2D eigenvalue weighted by Gasteiger charge is 2.25. The Labute approximate surface area is 164 Å². The zero-order valence-electron chi connectivity index (χ0n) is 15.4. The molecule has 0 fully saturated rings. The van der Waals surface area contributed by atoms with Gasteiger partial charge in [0.2, 0.25) is 11.8 Å². The minimum atomic E-state index is 0.187. The molecule has 0 N–H and O–H groups in total. The lowest BCUT2D eigenvalue weighted by molar-refractivity contribution is -0.118. The van der Waals surface area contributed by atoms with Gasteiger partial charge >= 0.3 is 0 Å². The van der Waals surface area contributed by atoms with Gasteiger partial charge in [0.25, 0.3) is 0 Å². The average Bonchev–Trinajstić information content (AvgIpc) is 3.32. The Hall–Kier alpha value is -2.27. The number of carbonyl (C=O) groups is 2. The molecule has 0 saturated carbocycles. The molecule has 2 amide bonds. The third-order valence-electron chi connectivity index (χ3n) is 5.30. The molecule has 2 aromatic rings. The largest absolute Gasteiger partial charge is 0.312 e. The molecule has 2 aliphatic heterocycles. The Kier molecular flexibility index (Phi) is 5.48. The maximum Gasteiger partial charge on any atom is 0.227 e. The molecule has 0 saturated heterocycles. The number of carbonyl (C=O) groups excluding carboxylic acids is 2. The van der Waals surface area contributed by atoms with Gasteiger partial charge < -0.3 is 9.80 Å². The van der Waals surface area contributed by atoms with Crippen molar-refractivity contribution in [2.45, 2.75) is 25.7 Å².